The zero-order chi connectivity index (χ0) is 11.3. The number of hydrogen-bond acceptors (Lipinski definition) is 2. The highest BCUT2D eigenvalue weighted by molar-refractivity contribution is 7.80. The van der Waals surface area contributed by atoms with E-state index in [1.54, 1.807) is 0 Å². The second-order valence-electron chi connectivity index (χ2n) is 4.58. The molecule has 0 amide bonds. The van der Waals surface area contributed by atoms with E-state index in [1.807, 2.05) is 0 Å². The fraction of sp³-hybridized carbons (Fsp3) is 0.909. The van der Waals surface area contributed by atoms with Crippen molar-refractivity contribution in [3.8, 4) is 0 Å². The monoisotopic (exact) mass is 229 g/mol. The van der Waals surface area contributed by atoms with Crippen LogP contribution in [0, 0.1) is 0 Å². The molecule has 1 saturated carbocycles. The Hall–Kier alpha value is -0.350. The molecule has 0 unspecified atom stereocenters. The van der Waals surface area contributed by atoms with Crippen LogP contribution in [0.3, 0.4) is 0 Å². The van der Waals surface area contributed by atoms with Crippen molar-refractivity contribution in [2.24, 2.45) is 0 Å². The van der Waals surface area contributed by atoms with Crippen LogP contribution in [0.15, 0.2) is 0 Å². The molecule has 1 aliphatic rings. The van der Waals surface area contributed by atoms with Gasteiger partial charge in [-0.25, -0.2) is 0 Å². The van der Waals surface area contributed by atoms with Crippen molar-refractivity contribution in [3.63, 3.8) is 0 Å². The first-order valence-corrected chi connectivity index (χ1v) is 6.21. The van der Waals surface area contributed by atoms with Crippen LogP contribution in [0.4, 0.5) is 0 Å². The summed E-state index contributed by atoms with van der Waals surface area (Å²) in [5, 5.41) is 7.31. The fourth-order valence-corrected chi connectivity index (χ4v) is 2.09. The van der Waals surface area contributed by atoms with Gasteiger partial charge in [0.2, 0.25) is 0 Å². The van der Waals surface area contributed by atoms with E-state index >= 15 is 0 Å². The van der Waals surface area contributed by atoms with Gasteiger partial charge in [-0.15, -0.1) is 0 Å². The van der Waals surface area contributed by atoms with Crippen molar-refractivity contribution in [3.05, 3.63) is 0 Å². The minimum Gasteiger partial charge on any atom is -0.363 e. The van der Waals surface area contributed by atoms with Crippen molar-refractivity contribution in [2.75, 3.05) is 27.2 Å². The zero-order valence-electron chi connectivity index (χ0n) is 10.1. The average molecular weight is 229 g/mol. The standard InChI is InChI=1S/C11H23N3S/c1-4-8-12-10(15)13-9-11(14(2)3)6-5-7-11/h4-9H2,1-3H3,(H2,12,13,15). The number of hydrogen-bond donors (Lipinski definition) is 2. The second kappa shape index (κ2) is 5.66. The maximum Gasteiger partial charge on any atom is 0.166 e. The van der Waals surface area contributed by atoms with Crippen LogP contribution in [0.25, 0.3) is 0 Å². The average Bonchev–Trinajstić information content (AvgIpc) is 2.12. The van der Waals surface area contributed by atoms with E-state index < -0.39 is 0 Å². The van der Waals surface area contributed by atoms with Crippen LogP contribution in [0.2, 0.25) is 0 Å². The molecule has 0 bridgehead atoms. The summed E-state index contributed by atoms with van der Waals surface area (Å²) in [7, 11) is 4.31. The topological polar surface area (TPSA) is 27.3 Å². The molecule has 0 aromatic rings. The molecule has 0 radical (unpaired) electrons. The largest absolute Gasteiger partial charge is 0.363 e. The number of nitrogens with zero attached hydrogens (tertiary/aromatic N) is 1. The third-order valence-electron chi connectivity index (χ3n) is 3.35. The summed E-state index contributed by atoms with van der Waals surface area (Å²) in [6, 6.07) is 0. The van der Waals surface area contributed by atoms with Gasteiger partial charge in [0.15, 0.2) is 5.11 Å². The Labute approximate surface area is 98.6 Å². The van der Waals surface area contributed by atoms with E-state index in [0.717, 1.165) is 24.6 Å². The first kappa shape index (κ1) is 12.7. The lowest BCUT2D eigenvalue weighted by Crippen LogP contribution is -2.58. The van der Waals surface area contributed by atoms with Crippen molar-refractivity contribution in [2.45, 2.75) is 38.1 Å². The molecule has 1 aliphatic carbocycles. The van der Waals surface area contributed by atoms with Crippen molar-refractivity contribution in [1.82, 2.24) is 15.5 Å². The lowest BCUT2D eigenvalue weighted by Gasteiger charge is -2.47. The van der Waals surface area contributed by atoms with Gasteiger partial charge in [0, 0.05) is 18.6 Å². The Morgan fingerprint density at radius 2 is 2.00 bits per heavy atom. The normalized spacial score (nSPS) is 18.4. The van der Waals surface area contributed by atoms with E-state index in [2.05, 4.69) is 36.6 Å². The fourth-order valence-electron chi connectivity index (χ4n) is 1.91. The summed E-state index contributed by atoms with van der Waals surface area (Å²) >= 11 is 5.21. The highest BCUT2D eigenvalue weighted by atomic mass is 32.1. The van der Waals surface area contributed by atoms with Gasteiger partial charge in [-0.2, -0.15) is 0 Å². The predicted octanol–water partition coefficient (Wildman–Crippen LogP) is 1.34. The molecule has 88 valence electrons. The van der Waals surface area contributed by atoms with Crippen LogP contribution >= 0.6 is 12.2 Å². The molecule has 0 spiro atoms. The van der Waals surface area contributed by atoms with Gasteiger partial charge >= 0.3 is 0 Å². The van der Waals surface area contributed by atoms with E-state index in [0.29, 0.717) is 5.54 Å². The summed E-state index contributed by atoms with van der Waals surface area (Å²) in [6.07, 6.45) is 5.02. The highest BCUT2D eigenvalue weighted by Gasteiger charge is 2.38. The van der Waals surface area contributed by atoms with Gasteiger partial charge in [0.1, 0.15) is 0 Å². The molecule has 1 rings (SSSR count). The molecule has 0 heterocycles. The molecule has 3 nitrogen and oxygen atoms in total. The van der Waals surface area contributed by atoms with Gasteiger partial charge in [0.25, 0.3) is 0 Å². The van der Waals surface area contributed by atoms with Gasteiger partial charge in [-0.05, 0) is 52.0 Å². The van der Waals surface area contributed by atoms with Crippen molar-refractivity contribution >= 4 is 17.3 Å². The molecular formula is C11H23N3S. The highest BCUT2D eigenvalue weighted by Crippen LogP contribution is 2.35. The van der Waals surface area contributed by atoms with Crippen LogP contribution < -0.4 is 10.6 Å². The summed E-state index contributed by atoms with van der Waals surface area (Å²) in [5.74, 6) is 0. The lowest BCUT2D eigenvalue weighted by atomic mass is 9.75. The molecule has 0 aromatic carbocycles. The molecule has 0 aliphatic heterocycles. The van der Waals surface area contributed by atoms with Crippen molar-refractivity contribution in [1.29, 1.82) is 0 Å². The van der Waals surface area contributed by atoms with Gasteiger partial charge < -0.3 is 15.5 Å². The smallest absolute Gasteiger partial charge is 0.166 e. The van der Waals surface area contributed by atoms with E-state index in [9.17, 15) is 0 Å². The lowest BCUT2D eigenvalue weighted by molar-refractivity contribution is 0.0648. The Morgan fingerprint density at radius 3 is 2.40 bits per heavy atom. The maximum absolute atomic E-state index is 5.21. The summed E-state index contributed by atoms with van der Waals surface area (Å²) in [4.78, 5) is 2.33. The molecular weight excluding hydrogens is 206 g/mol. The van der Waals surface area contributed by atoms with Gasteiger partial charge in [0.05, 0.1) is 0 Å². The zero-order valence-corrected chi connectivity index (χ0v) is 10.9. The Kier molecular flexibility index (Phi) is 4.80. The Balaban J connectivity index is 2.25. The van der Waals surface area contributed by atoms with Crippen LogP contribution in [0.1, 0.15) is 32.6 Å². The Morgan fingerprint density at radius 1 is 1.33 bits per heavy atom. The third-order valence-corrected chi connectivity index (χ3v) is 3.64. The quantitative estimate of drug-likeness (QED) is 0.696. The number of likely N-dealkylation sites (N-methyl/N-ethyl adjacent to an activating group) is 1. The molecule has 4 heteroatoms. The van der Waals surface area contributed by atoms with Crippen LogP contribution in [-0.2, 0) is 0 Å². The van der Waals surface area contributed by atoms with Crippen molar-refractivity contribution < 1.29 is 0 Å². The first-order chi connectivity index (χ1) is 7.10. The van der Waals surface area contributed by atoms with E-state index in [-0.39, 0.29) is 0 Å². The maximum atomic E-state index is 5.21. The van der Waals surface area contributed by atoms with Gasteiger partial charge in [-0.1, -0.05) is 6.92 Å². The predicted molar refractivity (Wildman–Crippen MR) is 69.2 cm³/mol. The third kappa shape index (κ3) is 3.31. The molecule has 1 fully saturated rings. The van der Waals surface area contributed by atoms with E-state index in [1.165, 1.54) is 19.3 Å². The van der Waals surface area contributed by atoms with Crippen LogP contribution in [-0.4, -0.2) is 42.7 Å². The molecule has 0 saturated heterocycles. The summed E-state index contributed by atoms with van der Waals surface area (Å²) in [6.45, 7) is 4.07. The van der Waals surface area contributed by atoms with E-state index in [4.69, 9.17) is 12.2 Å². The Bertz CT molecular complexity index is 212. The molecule has 15 heavy (non-hydrogen) atoms. The molecule has 0 aromatic heterocycles. The first-order valence-electron chi connectivity index (χ1n) is 5.80. The van der Waals surface area contributed by atoms with Gasteiger partial charge in [-0.3, -0.25) is 0 Å². The number of rotatable bonds is 5. The number of nitrogens with one attached hydrogen (secondary N) is 2. The minimum absolute atomic E-state index is 0.345. The number of thiocarbonyl (C=S) groups is 1. The SMILES string of the molecule is CCCNC(=S)NCC1(N(C)C)CCC1. The second-order valence-corrected chi connectivity index (χ2v) is 4.99. The summed E-state index contributed by atoms with van der Waals surface area (Å²) < 4.78 is 0. The summed E-state index contributed by atoms with van der Waals surface area (Å²) in [5.41, 5.74) is 0.345. The minimum atomic E-state index is 0.345. The molecule has 2 N–H and O–H groups in total. The van der Waals surface area contributed by atoms with Crippen LogP contribution in [0.5, 0.6) is 0 Å². The molecule has 0 atom stereocenters.